The van der Waals surface area contributed by atoms with Crippen LogP contribution in [0.25, 0.3) is 16.9 Å². The van der Waals surface area contributed by atoms with Crippen LogP contribution >= 0.6 is 0 Å². The second kappa shape index (κ2) is 7.04. The SMILES string of the molecule is CCCOc1ccccc1-c1cn(-c2cccc(S(N)(=O)=O)c2)nn1. The van der Waals surface area contributed by atoms with E-state index in [-0.39, 0.29) is 4.90 Å². The second-order valence-electron chi connectivity index (χ2n) is 5.44. The van der Waals surface area contributed by atoms with E-state index < -0.39 is 10.0 Å². The van der Waals surface area contributed by atoms with Crippen molar-refractivity contribution in [3.8, 4) is 22.7 Å². The summed E-state index contributed by atoms with van der Waals surface area (Å²) in [4.78, 5) is 0.0220. The van der Waals surface area contributed by atoms with E-state index in [0.717, 1.165) is 17.7 Å². The van der Waals surface area contributed by atoms with Gasteiger partial charge in [-0.3, -0.25) is 0 Å². The van der Waals surface area contributed by atoms with Crippen molar-refractivity contribution < 1.29 is 13.2 Å². The molecule has 7 nitrogen and oxygen atoms in total. The molecule has 0 radical (unpaired) electrons. The summed E-state index contributed by atoms with van der Waals surface area (Å²) in [5, 5.41) is 13.4. The Morgan fingerprint density at radius 2 is 1.96 bits per heavy atom. The Kier molecular flexibility index (Phi) is 4.82. The number of nitrogens with zero attached hydrogens (tertiary/aromatic N) is 3. The van der Waals surface area contributed by atoms with Crippen LogP contribution in [0, 0.1) is 0 Å². The Hall–Kier alpha value is -2.71. The maximum absolute atomic E-state index is 11.5. The summed E-state index contributed by atoms with van der Waals surface area (Å²) < 4.78 is 30.3. The predicted molar refractivity (Wildman–Crippen MR) is 94.0 cm³/mol. The van der Waals surface area contributed by atoms with Gasteiger partial charge in [-0.15, -0.1) is 5.10 Å². The summed E-state index contributed by atoms with van der Waals surface area (Å²) in [7, 11) is -3.78. The van der Waals surface area contributed by atoms with Crippen LogP contribution in [0.2, 0.25) is 0 Å². The van der Waals surface area contributed by atoms with Gasteiger partial charge in [0.15, 0.2) is 0 Å². The molecular formula is C17H18N4O3S. The van der Waals surface area contributed by atoms with Gasteiger partial charge in [0.1, 0.15) is 11.4 Å². The second-order valence-corrected chi connectivity index (χ2v) is 7.00. The lowest BCUT2D eigenvalue weighted by atomic mass is 10.1. The molecule has 0 aliphatic heterocycles. The zero-order valence-corrected chi connectivity index (χ0v) is 14.5. The molecule has 8 heteroatoms. The summed E-state index contributed by atoms with van der Waals surface area (Å²) >= 11 is 0. The van der Waals surface area contributed by atoms with Crippen molar-refractivity contribution in [3.05, 3.63) is 54.7 Å². The predicted octanol–water partition coefficient (Wildman–Crippen LogP) is 2.37. The Bertz CT molecular complexity index is 983. The minimum atomic E-state index is -3.78. The van der Waals surface area contributed by atoms with Crippen molar-refractivity contribution >= 4 is 10.0 Å². The first-order valence-corrected chi connectivity index (χ1v) is 9.31. The summed E-state index contributed by atoms with van der Waals surface area (Å²) in [6.07, 6.45) is 2.62. The standard InChI is InChI=1S/C17H18N4O3S/c1-2-10-24-17-9-4-3-8-15(17)16-12-21(20-19-16)13-6-5-7-14(11-13)25(18,22)23/h3-9,11-12H,2,10H2,1H3,(H2,18,22,23). The van der Waals surface area contributed by atoms with Crippen LogP contribution < -0.4 is 9.88 Å². The highest BCUT2D eigenvalue weighted by molar-refractivity contribution is 7.89. The molecule has 0 bridgehead atoms. The van der Waals surface area contributed by atoms with Gasteiger partial charge in [-0.1, -0.05) is 30.3 Å². The molecule has 0 saturated carbocycles. The van der Waals surface area contributed by atoms with E-state index in [1.807, 2.05) is 31.2 Å². The van der Waals surface area contributed by atoms with E-state index in [1.54, 1.807) is 18.3 Å². The molecule has 130 valence electrons. The van der Waals surface area contributed by atoms with Gasteiger partial charge in [-0.25, -0.2) is 18.2 Å². The van der Waals surface area contributed by atoms with Gasteiger partial charge in [-0.2, -0.15) is 0 Å². The van der Waals surface area contributed by atoms with Gasteiger partial charge >= 0.3 is 0 Å². The Morgan fingerprint density at radius 3 is 2.72 bits per heavy atom. The number of rotatable bonds is 6. The van der Waals surface area contributed by atoms with Crippen LogP contribution in [0.5, 0.6) is 5.75 Å². The summed E-state index contributed by atoms with van der Waals surface area (Å²) in [5.74, 6) is 0.731. The topological polar surface area (TPSA) is 100 Å². The quantitative estimate of drug-likeness (QED) is 0.729. The van der Waals surface area contributed by atoms with E-state index in [4.69, 9.17) is 9.88 Å². The van der Waals surface area contributed by atoms with Crippen LogP contribution in [0.15, 0.2) is 59.6 Å². The molecule has 0 aliphatic rings. The number of aromatic nitrogens is 3. The average molecular weight is 358 g/mol. The molecule has 0 spiro atoms. The van der Waals surface area contributed by atoms with Crippen LogP contribution in [-0.2, 0) is 10.0 Å². The molecule has 0 atom stereocenters. The number of primary sulfonamides is 1. The number of nitrogens with two attached hydrogens (primary N) is 1. The molecule has 0 unspecified atom stereocenters. The fraction of sp³-hybridized carbons (Fsp3) is 0.176. The van der Waals surface area contributed by atoms with Crippen LogP contribution in [0.3, 0.4) is 0 Å². The van der Waals surface area contributed by atoms with Crippen LogP contribution in [0.1, 0.15) is 13.3 Å². The monoisotopic (exact) mass is 358 g/mol. The molecular weight excluding hydrogens is 340 g/mol. The smallest absolute Gasteiger partial charge is 0.238 e. The third-order valence-electron chi connectivity index (χ3n) is 3.53. The highest BCUT2D eigenvalue weighted by Crippen LogP contribution is 2.28. The van der Waals surface area contributed by atoms with Crippen molar-refractivity contribution in [1.82, 2.24) is 15.0 Å². The maximum atomic E-state index is 11.5. The molecule has 0 amide bonds. The molecule has 1 aromatic heterocycles. The number of hydrogen-bond donors (Lipinski definition) is 1. The first-order valence-electron chi connectivity index (χ1n) is 7.77. The lowest BCUT2D eigenvalue weighted by Crippen LogP contribution is -2.12. The summed E-state index contributed by atoms with van der Waals surface area (Å²) in [6, 6.07) is 13.8. The van der Waals surface area contributed by atoms with Gasteiger partial charge < -0.3 is 4.74 Å². The van der Waals surface area contributed by atoms with E-state index in [0.29, 0.717) is 18.0 Å². The number of para-hydroxylation sites is 1. The first-order chi connectivity index (χ1) is 12.0. The minimum Gasteiger partial charge on any atom is -0.493 e. The zero-order valence-electron chi connectivity index (χ0n) is 13.7. The third-order valence-corrected chi connectivity index (χ3v) is 4.44. The van der Waals surface area contributed by atoms with Gasteiger partial charge in [0.2, 0.25) is 10.0 Å². The molecule has 1 heterocycles. The van der Waals surface area contributed by atoms with Gasteiger partial charge in [-0.05, 0) is 36.8 Å². The average Bonchev–Trinajstić information content (AvgIpc) is 3.09. The number of hydrogen-bond acceptors (Lipinski definition) is 5. The molecule has 2 aromatic carbocycles. The van der Waals surface area contributed by atoms with Crippen LogP contribution in [0.4, 0.5) is 0 Å². The number of sulfonamides is 1. The van der Waals surface area contributed by atoms with Crippen molar-refractivity contribution in [2.75, 3.05) is 6.61 Å². The van der Waals surface area contributed by atoms with Crippen molar-refractivity contribution in [1.29, 1.82) is 0 Å². The molecule has 2 N–H and O–H groups in total. The van der Waals surface area contributed by atoms with Crippen molar-refractivity contribution in [2.45, 2.75) is 18.2 Å². The maximum Gasteiger partial charge on any atom is 0.238 e. The number of benzene rings is 2. The highest BCUT2D eigenvalue weighted by Gasteiger charge is 2.13. The molecule has 0 aliphatic carbocycles. The lowest BCUT2D eigenvalue weighted by Gasteiger charge is -2.08. The van der Waals surface area contributed by atoms with Gasteiger partial charge in [0.25, 0.3) is 0 Å². The third kappa shape index (κ3) is 3.86. The molecule has 3 aromatic rings. The van der Waals surface area contributed by atoms with Crippen molar-refractivity contribution in [3.63, 3.8) is 0 Å². The molecule has 0 fully saturated rings. The zero-order chi connectivity index (χ0) is 17.9. The van der Waals surface area contributed by atoms with Crippen molar-refractivity contribution in [2.24, 2.45) is 5.14 Å². The Labute approximate surface area is 146 Å². The summed E-state index contributed by atoms with van der Waals surface area (Å²) in [5.41, 5.74) is 2.01. The summed E-state index contributed by atoms with van der Waals surface area (Å²) in [6.45, 7) is 2.65. The van der Waals surface area contributed by atoms with Gasteiger partial charge in [0.05, 0.1) is 23.4 Å². The van der Waals surface area contributed by atoms with E-state index in [9.17, 15) is 8.42 Å². The molecule has 3 rings (SSSR count). The molecule has 0 saturated heterocycles. The Balaban J connectivity index is 1.97. The first kappa shape index (κ1) is 17.1. The lowest BCUT2D eigenvalue weighted by molar-refractivity contribution is 0.318. The fourth-order valence-electron chi connectivity index (χ4n) is 2.33. The van der Waals surface area contributed by atoms with E-state index >= 15 is 0 Å². The largest absolute Gasteiger partial charge is 0.493 e. The molecule has 25 heavy (non-hydrogen) atoms. The van der Waals surface area contributed by atoms with E-state index in [2.05, 4.69) is 10.3 Å². The number of ether oxygens (including phenoxy) is 1. The Morgan fingerprint density at radius 1 is 1.16 bits per heavy atom. The van der Waals surface area contributed by atoms with Gasteiger partial charge in [0, 0.05) is 5.56 Å². The normalized spacial score (nSPS) is 11.4. The fourth-order valence-corrected chi connectivity index (χ4v) is 2.89. The highest BCUT2D eigenvalue weighted by atomic mass is 32.2. The van der Waals surface area contributed by atoms with E-state index in [1.165, 1.54) is 16.8 Å². The minimum absolute atomic E-state index is 0.0220. The van der Waals surface area contributed by atoms with Crippen LogP contribution in [-0.4, -0.2) is 30.0 Å².